The van der Waals surface area contributed by atoms with Crippen molar-refractivity contribution in [1.82, 2.24) is 4.98 Å². The van der Waals surface area contributed by atoms with Crippen molar-refractivity contribution in [3.05, 3.63) is 42.7 Å². The van der Waals surface area contributed by atoms with Crippen LogP contribution >= 0.6 is 11.6 Å². The molecule has 0 aliphatic carbocycles. The summed E-state index contributed by atoms with van der Waals surface area (Å²) in [6.45, 7) is 3.57. The third-order valence-corrected chi connectivity index (χ3v) is 1.58. The van der Waals surface area contributed by atoms with E-state index < -0.39 is 0 Å². The Hall–Kier alpha value is -0.820. The molecule has 0 amide bonds. The molecule has 2 heteroatoms. The molecule has 1 unspecified atom stereocenters. The molecule has 1 atom stereocenters. The van der Waals surface area contributed by atoms with Gasteiger partial charge in [0, 0.05) is 6.20 Å². The average Bonchev–Trinajstić information content (AvgIpc) is 2.05. The van der Waals surface area contributed by atoms with E-state index in [1.807, 2.05) is 18.2 Å². The average molecular weight is 154 g/mol. The van der Waals surface area contributed by atoms with Crippen molar-refractivity contribution < 1.29 is 0 Å². The van der Waals surface area contributed by atoms with E-state index in [4.69, 9.17) is 11.6 Å². The normalized spacial score (nSPS) is 12.5. The second-order valence-corrected chi connectivity index (χ2v) is 2.36. The largest absolute Gasteiger partial charge is 0.259 e. The molecule has 10 heavy (non-hydrogen) atoms. The molecule has 0 bridgehead atoms. The number of halogens is 1. The Bertz CT molecular complexity index is 208. The lowest BCUT2D eigenvalue weighted by molar-refractivity contribution is 1.08. The third-order valence-electron chi connectivity index (χ3n) is 1.18. The van der Waals surface area contributed by atoms with E-state index in [0.717, 1.165) is 5.69 Å². The zero-order valence-corrected chi connectivity index (χ0v) is 6.25. The first-order valence-electron chi connectivity index (χ1n) is 3.02. The summed E-state index contributed by atoms with van der Waals surface area (Å²) in [5.41, 5.74) is 0.846. The fourth-order valence-corrected chi connectivity index (χ4v) is 0.789. The van der Waals surface area contributed by atoms with Crippen LogP contribution in [0, 0.1) is 0 Å². The molecule has 0 saturated heterocycles. The van der Waals surface area contributed by atoms with E-state index >= 15 is 0 Å². The standard InChI is InChI=1S/C8H8ClN/c1-2-7(9)8-5-3-4-6-10-8/h2-7H,1H2. The number of aromatic nitrogens is 1. The number of hydrogen-bond donors (Lipinski definition) is 0. The van der Waals surface area contributed by atoms with Gasteiger partial charge in [-0.2, -0.15) is 0 Å². The predicted molar refractivity (Wildman–Crippen MR) is 43.0 cm³/mol. The van der Waals surface area contributed by atoms with Crippen LogP contribution < -0.4 is 0 Å². The van der Waals surface area contributed by atoms with Crippen LogP contribution in [-0.2, 0) is 0 Å². The monoisotopic (exact) mass is 153 g/mol. The van der Waals surface area contributed by atoms with E-state index in [0.29, 0.717) is 0 Å². The maximum absolute atomic E-state index is 5.81. The summed E-state index contributed by atoms with van der Waals surface area (Å²) in [5, 5.41) is -0.166. The zero-order chi connectivity index (χ0) is 7.40. The Morgan fingerprint density at radius 2 is 2.40 bits per heavy atom. The molecule has 0 spiro atoms. The van der Waals surface area contributed by atoms with Gasteiger partial charge in [-0.25, -0.2) is 0 Å². The van der Waals surface area contributed by atoms with Crippen molar-refractivity contribution in [3.8, 4) is 0 Å². The number of pyridine rings is 1. The van der Waals surface area contributed by atoms with Crippen LogP contribution in [-0.4, -0.2) is 4.98 Å². The Kier molecular flexibility index (Phi) is 2.46. The summed E-state index contributed by atoms with van der Waals surface area (Å²) >= 11 is 5.81. The highest BCUT2D eigenvalue weighted by Gasteiger charge is 2.00. The highest BCUT2D eigenvalue weighted by molar-refractivity contribution is 6.21. The molecule has 0 saturated carbocycles. The number of hydrogen-bond acceptors (Lipinski definition) is 1. The lowest BCUT2D eigenvalue weighted by atomic mass is 10.3. The quantitative estimate of drug-likeness (QED) is 0.470. The van der Waals surface area contributed by atoms with Crippen LogP contribution in [0.5, 0.6) is 0 Å². The van der Waals surface area contributed by atoms with E-state index in [1.54, 1.807) is 12.3 Å². The van der Waals surface area contributed by atoms with Crippen LogP contribution in [0.2, 0.25) is 0 Å². The molecule has 0 fully saturated rings. The molecular formula is C8H8ClN. The number of rotatable bonds is 2. The van der Waals surface area contributed by atoms with Crippen LogP contribution in [0.1, 0.15) is 11.1 Å². The SMILES string of the molecule is C=CC(Cl)c1ccccn1. The van der Waals surface area contributed by atoms with Gasteiger partial charge in [-0.3, -0.25) is 4.98 Å². The Morgan fingerprint density at radius 3 is 2.90 bits per heavy atom. The van der Waals surface area contributed by atoms with E-state index in [-0.39, 0.29) is 5.38 Å². The molecule has 0 radical (unpaired) electrons. The second kappa shape index (κ2) is 3.37. The minimum absolute atomic E-state index is 0.166. The second-order valence-electron chi connectivity index (χ2n) is 1.89. The molecule has 1 rings (SSSR count). The first kappa shape index (κ1) is 7.29. The summed E-state index contributed by atoms with van der Waals surface area (Å²) in [4.78, 5) is 4.05. The number of allylic oxidation sites excluding steroid dienone is 1. The van der Waals surface area contributed by atoms with Gasteiger partial charge < -0.3 is 0 Å². The molecule has 1 nitrogen and oxygen atoms in total. The lowest BCUT2D eigenvalue weighted by Gasteiger charge is -1.99. The molecule has 0 aliphatic rings. The lowest BCUT2D eigenvalue weighted by Crippen LogP contribution is -1.87. The van der Waals surface area contributed by atoms with Crippen molar-refractivity contribution in [2.75, 3.05) is 0 Å². The van der Waals surface area contributed by atoms with Crippen molar-refractivity contribution in [1.29, 1.82) is 0 Å². The minimum atomic E-state index is -0.166. The van der Waals surface area contributed by atoms with E-state index in [1.165, 1.54) is 0 Å². The van der Waals surface area contributed by atoms with Crippen molar-refractivity contribution in [2.24, 2.45) is 0 Å². The fourth-order valence-electron chi connectivity index (χ4n) is 0.660. The van der Waals surface area contributed by atoms with Crippen LogP contribution in [0.4, 0.5) is 0 Å². The Labute approximate surface area is 65.4 Å². The maximum atomic E-state index is 5.81. The minimum Gasteiger partial charge on any atom is -0.259 e. The summed E-state index contributed by atoms with van der Waals surface area (Å²) in [6, 6.07) is 5.64. The molecule has 52 valence electrons. The molecular weight excluding hydrogens is 146 g/mol. The molecule has 0 N–H and O–H groups in total. The van der Waals surface area contributed by atoms with Crippen molar-refractivity contribution in [3.63, 3.8) is 0 Å². The summed E-state index contributed by atoms with van der Waals surface area (Å²) in [5.74, 6) is 0. The summed E-state index contributed by atoms with van der Waals surface area (Å²) in [7, 11) is 0. The van der Waals surface area contributed by atoms with Gasteiger partial charge in [-0.05, 0) is 12.1 Å². The molecule has 1 heterocycles. The highest BCUT2D eigenvalue weighted by atomic mass is 35.5. The topological polar surface area (TPSA) is 12.9 Å². The highest BCUT2D eigenvalue weighted by Crippen LogP contribution is 2.17. The van der Waals surface area contributed by atoms with Gasteiger partial charge in [0.15, 0.2) is 0 Å². The van der Waals surface area contributed by atoms with Crippen LogP contribution in [0.15, 0.2) is 37.1 Å². The van der Waals surface area contributed by atoms with Gasteiger partial charge in [-0.1, -0.05) is 12.1 Å². The smallest absolute Gasteiger partial charge is 0.0934 e. The first-order chi connectivity index (χ1) is 4.84. The van der Waals surface area contributed by atoms with Crippen LogP contribution in [0.3, 0.4) is 0 Å². The molecule has 1 aromatic heterocycles. The molecule has 1 aromatic rings. The van der Waals surface area contributed by atoms with Gasteiger partial charge in [0.2, 0.25) is 0 Å². The fraction of sp³-hybridized carbons (Fsp3) is 0.125. The number of alkyl halides is 1. The first-order valence-corrected chi connectivity index (χ1v) is 3.46. The van der Waals surface area contributed by atoms with Crippen molar-refractivity contribution in [2.45, 2.75) is 5.38 Å². The van der Waals surface area contributed by atoms with Gasteiger partial charge in [-0.15, -0.1) is 18.2 Å². The summed E-state index contributed by atoms with van der Waals surface area (Å²) < 4.78 is 0. The van der Waals surface area contributed by atoms with E-state index in [9.17, 15) is 0 Å². The predicted octanol–water partition coefficient (Wildman–Crippen LogP) is 2.55. The summed E-state index contributed by atoms with van der Waals surface area (Å²) in [6.07, 6.45) is 3.37. The Balaban J connectivity index is 2.84. The van der Waals surface area contributed by atoms with Gasteiger partial charge in [0.1, 0.15) is 0 Å². The van der Waals surface area contributed by atoms with Crippen molar-refractivity contribution >= 4 is 11.6 Å². The van der Waals surface area contributed by atoms with Crippen LogP contribution in [0.25, 0.3) is 0 Å². The molecule has 0 aliphatic heterocycles. The zero-order valence-electron chi connectivity index (χ0n) is 5.50. The van der Waals surface area contributed by atoms with E-state index in [2.05, 4.69) is 11.6 Å². The Morgan fingerprint density at radius 1 is 1.60 bits per heavy atom. The van der Waals surface area contributed by atoms with Gasteiger partial charge >= 0.3 is 0 Å². The number of nitrogens with zero attached hydrogens (tertiary/aromatic N) is 1. The van der Waals surface area contributed by atoms with Gasteiger partial charge in [0.25, 0.3) is 0 Å². The molecule has 0 aromatic carbocycles. The van der Waals surface area contributed by atoms with Gasteiger partial charge in [0.05, 0.1) is 11.1 Å². The maximum Gasteiger partial charge on any atom is 0.0934 e. The third kappa shape index (κ3) is 1.58.